The highest BCUT2D eigenvalue weighted by Crippen LogP contribution is 2.22. The maximum Gasteiger partial charge on any atom is 0.269 e. The Labute approximate surface area is 153 Å². The van der Waals surface area contributed by atoms with Crippen LogP contribution in [0.1, 0.15) is 5.76 Å². The Hall–Kier alpha value is -2.75. The maximum atomic E-state index is 12.2. The van der Waals surface area contributed by atoms with Gasteiger partial charge in [0.1, 0.15) is 5.69 Å². The third-order valence-corrected chi connectivity index (χ3v) is 5.16. The van der Waals surface area contributed by atoms with Crippen LogP contribution in [0.15, 0.2) is 64.0 Å². The molecular formula is C16H12ClN3O5S. The van der Waals surface area contributed by atoms with Crippen LogP contribution in [0.2, 0.25) is 5.02 Å². The third-order valence-electron chi connectivity index (χ3n) is 3.49. The van der Waals surface area contributed by atoms with Crippen molar-refractivity contribution in [1.29, 1.82) is 0 Å². The van der Waals surface area contributed by atoms with Crippen LogP contribution in [-0.2, 0) is 16.6 Å². The van der Waals surface area contributed by atoms with Gasteiger partial charge < -0.3 is 4.52 Å². The molecule has 0 amide bonds. The first-order chi connectivity index (χ1) is 12.3. The molecule has 0 atom stereocenters. The van der Waals surface area contributed by atoms with Gasteiger partial charge in [0.2, 0.25) is 10.0 Å². The molecular weight excluding hydrogens is 382 g/mol. The predicted molar refractivity (Wildman–Crippen MR) is 94.1 cm³/mol. The van der Waals surface area contributed by atoms with Crippen molar-refractivity contribution in [2.75, 3.05) is 0 Å². The molecule has 1 N–H and O–H groups in total. The van der Waals surface area contributed by atoms with Gasteiger partial charge in [-0.15, -0.1) is 0 Å². The molecule has 0 saturated heterocycles. The van der Waals surface area contributed by atoms with E-state index in [9.17, 15) is 18.5 Å². The minimum atomic E-state index is -3.72. The Bertz CT molecular complexity index is 1030. The van der Waals surface area contributed by atoms with Crippen molar-refractivity contribution >= 4 is 27.3 Å². The second kappa shape index (κ2) is 7.24. The highest BCUT2D eigenvalue weighted by atomic mass is 35.5. The number of nitrogens with one attached hydrogen (secondary N) is 1. The second-order valence-corrected chi connectivity index (χ2v) is 7.46. The molecule has 0 fully saturated rings. The van der Waals surface area contributed by atoms with E-state index in [1.54, 1.807) is 6.07 Å². The summed E-state index contributed by atoms with van der Waals surface area (Å²) in [6.45, 7) is -0.0923. The molecule has 1 heterocycles. The number of aromatic nitrogens is 1. The van der Waals surface area contributed by atoms with E-state index >= 15 is 0 Å². The van der Waals surface area contributed by atoms with E-state index in [-0.39, 0.29) is 17.1 Å². The number of benzene rings is 2. The number of hydrogen-bond acceptors (Lipinski definition) is 6. The second-order valence-electron chi connectivity index (χ2n) is 5.26. The van der Waals surface area contributed by atoms with Crippen molar-refractivity contribution in [3.8, 4) is 11.3 Å². The summed E-state index contributed by atoms with van der Waals surface area (Å²) < 4.78 is 32.0. The number of nitro groups is 1. The fraction of sp³-hybridized carbons (Fsp3) is 0.0625. The molecule has 8 nitrogen and oxygen atoms in total. The average Bonchev–Trinajstić information content (AvgIpc) is 3.10. The molecule has 0 radical (unpaired) electrons. The maximum absolute atomic E-state index is 12.2. The summed E-state index contributed by atoms with van der Waals surface area (Å²) in [4.78, 5) is 10.3. The highest BCUT2D eigenvalue weighted by Gasteiger charge is 2.16. The van der Waals surface area contributed by atoms with Crippen LogP contribution >= 0.6 is 11.6 Å². The van der Waals surface area contributed by atoms with Gasteiger partial charge in [0.15, 0.2) is 5.76 Å². The normalized spacial score (nSPS) is 11.4. The number of halogens is 1. The lowest BCUT2D eigenvalue weighted by Gasteiger charge is -2.04. The minimum Gasteiger partial charge on any atom is -0.359 e. The molecule has 3 aromatic rings. The third kappa shape index (κ3) is 4.07. The van der Waals surface area contributed by atoms with E-state index in [2.05, 4.69) is 9.88 Å². The van der Waals surface area contributed by atoms with Gasteiger partial charge in [0, 0.05) is 28.8 Å². The number of rotatable bonds is 6. The molecule has 0 saturated carbocycles. The van der Waals surface area contributed by atoms with E-state index in [1.807, 2.05) is 0 Å². The zero-order valence-electron chi connectivity index (χ0n) is 13.1. The first-order valence-corrected chi connectivity index (χ1v) is 9.17. The van der Waals surface area contributed by atoms with Crippen LogP contribution in [0.3, 0.4) is 0 Å². The quantitative estimate of drug-likeness (QED) is 0.507. The van der Waals surface area contributed by atoms with Gasteiger partial charge >= 0.3 is 0 Å². The molecule has 0 spiro atoms. The van der Waals surface area contributed by atoms with Crippen molar-refractivity contribution in [3.63, 3.8) is 0 Å². The van der Waals surface area contributed by atoms with E-state index < -0.39 is 14.9 Å². The molecule has 1 aromatic heterocycles. The van der Waals surface area contributed by atoms with Crippen molar-refractivity contribution < 1.29 is 17.9 Å². The summed E-state index contributed by atoms with van der Waals surface area (Å²) in [6, 6.07) is 13.1. The number of sulfonamides is 1. The lowest BCUT2D eigenvalue weighted by molar-refractivity contribution is -0.384. The van der Waals surface area contributed by atoms with Crippen molar-refractivity contribution in [1.82, 2.24) is 9.88 Å². The number of nitrogens with zero attached hydrogens (tertiary/aromatic N) is 2. The van der Waals surface area contributed by atoms with Crippen LogP contribution in [0, 0.1) is 10.1 Å². The topological polar surface area (TPSA) is 115 Å². The molecule has 3 rings (SSSR count). The SMILES string of the molecule is O=[N+]([O-])c1ccc(-c2cc(CNS(=O)(=O)c3ccc(Cl)cc3)on2)cc1. The van der Waals surface area contributed by atoms with Gasteiger partial charge in [-0.1, -0.05) is 16.8 Å². The summed E-state index contributed by atoms with van der Waals surface area (Å²) in [5.74, 6) is 0.302. The van der Waals surface area contributed by atoms with Gasteiger partial charge in [0.25, 0.3) is 5.69 Å². The molecule has 2 aromatic carbocycles. The minimum absolute atomic E-state index is 0.0341. The summed E-state index contributed by atoms with van der Waals surface area (Å²) in [6.07, 6.45) is 0. The standard InChI is InChI=1S/C16H12ClN3O5S/c17-12-3-7-15(8-4-12)26(23,24)18-10-14-9-16(19-25-14)11-1-5-13(6-2-11)20(21)22/h1-9,18H,10H2. The lowest BCUT2D eigenvalue weighted by Crippen LogP contribution is -2.22. The first-order valence-electron chi connectivity index (χ1n) is 7.31. The van der Waals surface area contributed by atoms with Crippen LogP contribution in [0.5, 0.6) is 0 Å². The van der Waals surface area contributed by atoms with Crippen molar-refractivity contribution in [2.45, 2.75) is 11.4 Å². The van der Waals surface area contributed by atoms with Gasteiger partial charge in [-0.05, 0) is 36.4 Å². The molecule has 0 aliphatic carbocycles. The van der Waals surface area contributed by atoms with Crippen molar-refractivity contribution in [3.05, 3.63) is 75.5 Å². The van der Waals surface area contributed by atoms with Gasteiger partial charge in [-0.25, -0.2) is 13.1 Å². The highest BCUT2D eigenvalue weighted by molar-refractivity contribution is 7.89. The molecule has 134 valence electrons. The zero-order chi connectivity index (χ0) is 18.7. The monoisotopic (exact) mass is 393 g/mol. The fourth-order valence-corrected chi connectivity index (χ4v) is 3.27. The molecule has 0 aliphatic rings. The molecule has 0 bridgehead atoms. The number of hydrogen-bond donors (Lipinski definition) is 1. The molecule has 10 heteroatoms. The Balaban J connectivity index is 1.70. The van der Waals surface area contributed by atoms with Crippen LogP contribution in [0.4, 0.5) is 5.69 Å². The molecule has 0 unspecified atom stereocenters. The Morgan fingerprint density at radius 2 is 1.77 bits per heavy atom. The van der Waals surface area contributed by atoms with Crippen LogP contribution in [0.25, 0.3) is 11.3 Å². The Morgan fingerprint density at radius 1 is 1.12 bits per heavy atom. The van der Waals surface area contributed by atoms with Gasteiger partial charge in [0.05, 0.1) is 16.4 Å². The number of non-ortho nitro benzene ring substituents is 1. The van der Waals surface area contributed by atoms with Gasteiger partial charge in [-0.3, -0.25) is 10.1 Å². The van der Waals surface area contributed by atoms with E-state index in [0.29, 0.717) is 22.0 Å². The Morgan fingerprint density at radius 3 is 2.38 bits per heavy atom. The van der Waals surface area contributed by atoms with Gasteiger partial charge in [-0.2, -0.15) is 0 Å². The van der Waals surface area contributed by atoms with Crippen molar-refractivity contribution in [2.24, 2.45) is 0 Å². The summed E-state index contributed by atoms with van der Waals surface area (Å²) in [5, 5.41) is 15.0. The van der Waals surface area contributed by atoms with Crippen LogP contribution in [-0.4, -0.2) is 18.5 Å². The van der Waals surface area contributed by atoms with E-state index in [4.69, 9.17) is 16.1 Å². The fourth-order valence-electron chi connectivity index (χ4n) is 2.15. The first kappa shape index (κ1) is 18.1. The number of nitro benzene ring substituents is 1. The summed E-state index contributed by atoms with van der Waals surface area (Å²) in [5.41, 5.74) is 1.03. The largest absolute Gasteiger partial charge is 0.359 e. The van der Waals surface area contributed by atoms with E-state index in [0.717, 1.165) is 0 Å². The summed E-state index contributed by atoms with van der Waals surface area (Å²) in [7, 11) is -3.72. The lowest BCUT2D eigenvalue weighted by atomic mass is 10.1. The predicted octanol–water partition coefficient (Wildman–Crippen LogP) is 3.38. The summed E-state index contributed by atoms with van der Waals surface area (Å²) >= 11 is 5.75. The zero-order valence-corrected chi connectivity index (χ0v) is 14.7. The van der Waals surface area contributed by atoms with E-state index in [1.165, 1.54) is 48.5 Å². The Kier molecular flexibility index (Phi) is 5.03. The smallest absolute Gasteiger partial charge is 0.269 e. The molecule has 26 heavy (non-hydrogen) atoms. The van der Waals surface area contributed by atoms with Crippen LogP contribution < -0.4 is 4.72 Å². The molecule has 0 aliphatic heterocycles. The average molecular weight is 394 g/mol.